The summed E-state index contributed by atoms with van der Waals surface area (Å²) in [6, 6.07) is 3.60. The van der Waals surface area contributed by atoms with Gasteiger partial charge in [-0.1, -0.05) is 11.6 Å². The second-order valence-corrected chi connectivity index (χ2v) is 5.05. The van der Waals surface area contributed by atoms with E-state index < -0.39 is 0 Å². The van der Waals surface area contributed by atoms with Crippen molar-refractivity contribution in [3.05, 3.63) is 47.3 Å². The third-order valence-electron chi connectivity index (χ3n) is 3.45. The van der Waals surface area contributed by atoms with Gasteiger partial charge >= 0.3 is 0 Å². The number of rotatable bonds is 1. The molecular weight excluding hydrogens is 278 g/mol. The molecule has 0 amide bonds. The highest BCUT2D eigenvalue weighted by molar-refractivity contribution is 6.31. The van der Waals surface area contributed by atoms with E-state index in [2.05, 4.69) is 15.1 Å². The summed E-state index contributed by atoms with van der Waals surface area (Å²) in [5, 5.41) is 14.4. The van der Waals surface area contributed by atoms with Crippen LogP contribution in [0.3, 0.4) is 0 Å². The fourth-order valence-corrected chi connectivity index (χ4v) is 2.85. The third-order valence-corrected chi connectivity index (χ3v) is 3.67. The van der Waals surface area contributed by atoms with Crippen LogP contribution in [-0.4, -0.2) is 29.4 Å². The molecule has 1 aromatic carbocycles. The summed E-state index contributed by atoms with van der Waals surface area (Å²) in [6.07, 6.45) is 5.04. The molecule has 0 radical (unpaired) electrons. The number of imidazole rings is 1. The molecule has 0 saturated carbocycles. The van der Waals surface area contributed by atoms with Crippen molar-refractivity contribution in [2.75, 3.05) is 0 Å². The Morgan fingerprint density at radius 2 is 2.25 bits per heavy atom. The van der Waals surface area contributed by atoms with Crippen molar-refractivity contribution in [3.63, 3.8) is 0 Å². The van der Waals surface area contributed by atoms with E-state index in [1.54, 1.807) is 23.3 Å². The number of aromatic nitrogens is 5. The van der Waals surface area contributed by atoms with Crippen molar-refractivity contribution in [1.82, 2.24) is 24.3 Å². The van der Waals surface area contributed by atoms with Crippen molar-refractivity contribution in [2.24, 2.45) is 0 Å². The van der Waals surface area contributed by atoms with E-state index in [-0.39, 0.29) is 6.61 Å². The molecule has 100 valence electrons. The number of hydrogen-bond acceptors (Lipinski definition) is 4. The van der Waals surface area contributed by atoms with Crippen molar-refractivity contribution in [1.29, 1.82) is 0 Å². The Bertz CT molecular complexity index is 807. The van der Waals surface area contributed by atoms with Crippen LogP contribution >= 0.6 is 11.6 Å². The Balaban J connectivity index is 2.15. The molecule has 0 fully saturated rings. The molecule has 3 aromatic rings. The predicted molar refractivity (Wildman–Crippen MR) is 72.6 cm³/mol. The van der Waals surface area contributed by atoms with Crippen LogP contribution in [0.5, 0.6) is 0 Å². The standard InChI is InChI=1S/C13H10ClN5O/c14-9-1-8(5-20)12-11(2-9)13-16-6-17-19(13)4-10-3-15-7-18(10)12/h1-3,6-7,20H,4-5H2. The molecule has 7 heteroatoms. The Morgan fingerprint density at radius 3 is 3.10 bits per heavy atom. The van der Waals surface area contributed by atoms with Gasteiger partial charge in [0.15, 0.2) is 5.82 Å². The number of nitrogens with zero attached hydrogens (tertiary/aromatic N) is 5. The lowest BCUT2D eigenvalue weighted by Crippen LogP contribution is -2.04. The summed E-state index contributed by atoms with van der Waals surface area (Å²) in [5.41, 5.74) is 3.42. The van der Waals surface area contributed by atoms with Gasteiger partial charge in [-0.05, 0) is 12.1 Å². The van der Waals surface area contributed by atoms with E-state index in [1.807, 2.05) is 10.6 Å². The van der Waals surface area contributed by atoms with Crippen molar-refractivity contribution < 1.29 is 5.11 Å². The second-order valence-electron chi connectivity index (χ2n) is 4.62. The quantitative estimate of drug-likeness (QED) is 0.578. The number of hydrogen-bond donors (Lipinski definition) is 1. The van der Waals surface area contributed by atoms with Crippen LogP contribution in [0, 0.1) is 0 Å². The van der Waals surface area contributed by atoms with E-state index in [9.17, 15) is 5.11 Å². The molecule has 0 saturated heterocycles. The van der Waals surface area contributed by atoms with E-state index >= 15 is 0 Å². The molecule has 3 heterocycles. The predicted octanol–water partition coefficient (Wildman–Crippen LogP) is 1.64. The van der Waals surface area contributed by atoms with Crippen molar-refractivity contribution in [3.8, 4) is 17.1 Å². The molecule has 0 unspecified atom stereocenters. The van der Waals surface area contributed by atoms with Crippen LogP contribution in [0.1, 0.15) is 11.3 Å². The van der Waals surface area contributed by atoms with Gasteiger partial charge in [0.1, 0.15) is 6.33 Å². The zero-order valence-electron chi connectivity index (χ0n) is 10.4. The van der Waals surface area contributed by atoms with Gasteiger partial charge in [0.05, 0.1) is 37.1 Å². The first-order chi connectivity index (χ1) is 9.78. The maximum absolute atomic E-state index is 9.64. The Kier molecular flexibility index (Phi) is 2.42. The summed E-state index contributed by atoms with van der Waals surface area (Å²) >= 11 is 6.15. The number of fused-ring (bicyclic) bond motifs is 5. The molecule has 0 bridgehead atoms. The summed E-state index contributed by atoms with van der Waals surface area (Å²) in [4.78, 5) is 8.50. The van der Waals surface area contributed by atoms with Crippen LogP contribution in [0.4, 0.5) is 0 Å². The smallest absolute Gasteiger partial charge is 0.160 e. The minimum Gasteiger partial charge on any atom is -0.392 e. The first-order valence-electron chi connectivity index (χ1n) is 6.11. The highest BCUT2D eigenvalue weighted by Crippen LogP contribution is 2.35. The molecule has 0 aliphatic carbocycles. The fraction of sp³-hybridized carbons (Fsp3) is 0.154. The Labute approximate surface area is 119 Å². The van der Waals surface area contributed by atoms with Gasteiger partial charge in [0, 0.05) is 16.1 Å². The van der Waals surface area contributed by atoms with Crippen LogP contribution in [0.2, 0.25) is 5.02 Å². The monoisotopic (exact) mass is 287 g/mol. The molecule has 2 aromatic heterocycles. The van der Waals surface area contributed by atoms with Crippen LogP contribution in [0.25, 0.3) is 17.1 Å². The van der Waals surface area contributed by atoms with Gasteiger partial charge in [-0.15, -0.1) is 0 Å². The zero-order chi connectivity index (χ0) is 13.7. The fourth-order valence-electron chi connectivity index (χ4n) is 2.61. The maximum Gasteiger partial charge on any atom is 0.160 e. The highest BCUT2D eigenvalue weighted by atomic mass is 35.5. The van der Waals surface area contributed by atoms with E-state index in [4.69, 9.17) is 11.6 Å². The molecular formula is C13H10ClN5O. The molecule has 1 N–H and O–H groups in total. The highest BCUT2D eigenvalue weighted by Gasteiger charge is 2.23. The Hall–Kier alpha value is -2.18. The second kappa shape index (κ2) is 4.16. The normalized spacial score (nSPS) is 12.5. The van der Waals surface area contributed by atoms with Crippen molar-refractivity contribution >= 4 is 11.6 Å². The maximum atomic E-state index is 9.64. The minimum absolute atomic E-state index is 0.103. The third kappa shape index (κ3) is 1.52. The summed E-state index contributed by atoms with van der Waals surface area (Å²) in [7, 11) is 0. The van der Waals surface area contributed by atoms with Gasteiger partial charge in [-0.25, -0.2) is 14.6 Å². The van der Waals surface area contributed by atoms with Gasteiger partial charge in [0.2, 0.25) is 0 Å². The first kappa shape index (κ1) is 11.6. The van der Waals surface area contributed by atoms with E-state index in [0.717, 1.165) is 28.3 Å². The van der Waals surface area contributed by atoms with Crippen LogP contribution in [0.15, 0.2) is 31.0 Å². The lowest BCUT2D eigenvalue weighted by molar-refractivity contribution is 0.281. The zero-order valence-corrected chi connectivity index (χ0v) is 11.1. The van der Waals surface area contributed by atoms with Crippen LogP contribution < -0.4 is 0 Å². The summed E-state index contributed by atoms with van der Waals surface area (Å²) < 4.78 is 3.75. The number of halogens is 1. The van der Waals surface area contributed by atoms with Gasteiger partial charge < -0.3 is 9.67 Å². The number of benzene rings is 1. The van der Waals surface area contributed by atoms with Gasteiger partial charge in [0.25, 0.3) is 0 Å². The number of aliphatic hydroxyl groups is 1. The minimum atomic E-state index is -0.103. The molecule has 0 spiro atoms. The Morgan fingerprint density at radius 1 is 1.35 bits per heavy atom. The van der Waals surface area contributed by atoms with Gasteiger partial charge in [-0.3, -0.25) is 0 Å². The largest absolute Gasteiger partial charge is 0.392 e. The molecule has 20 heavy (non-hydrogen) atoms. The van der Waals surface area contributed by atoms with Gasteiger partial charge in [-0.2, -0.15) is 5.10 Å². The summed E-state index contributed by atoms with van der Waals surface area (Å²) in [6.45, 7) is 0.473. The van der Waals surface area contributed by atoms with Crippen molar-refractivity contribution in [2.45, 2.75) is 13.2 Å². The SMILES string of the molecule is OCc1cc(Cl)cc2c1-n1cncc1Cn1ncnc1-2. The lowest BCUT2D eigenvalue weighted by Gasteiger charge is -2.13. The lowest BCUT2D eigenvalue weighted by atomic mass is 10.1. The van der Waals surface area contributed by atoms with Crippen LogP contribution in [-0.2, 0) is 13.2 Å². The molecule has 0 atom stereocenters. The van der Waals surface area contributed by atoms with E-state index in [0.29, 0.717) is 11.6 Å². The number of aliphatic hydroxyl groups excluding tert-OH is 1. The first-order valence-corrected chi connectivity index (χ1v) is 6.49. The molecule has 1 aliphatic heterocycles. The molecule has 4 rings (SSSR count). The topological polar surface area (TPSA) is 68.8 Å². The molecule has 6 nitrogen and oxygen atoms in total. The summed E-state index contributed by atoms with van der Waals surface area (Å²) in [5.74, 6) is 0.737. The van der Waals surface area contributed by atoms with E-state index in [1.165, 1.54) is 6.33 Å². The molecule has 1 aliphatic rings. The average molecular weight is 288 g/mol. The average Bonchev–Trinajstić information content (AvgIpc) is 3.06.